The quantitative estimate of drug-likeness (QED) is 0.910. The summed E-state index contributed by atoms with van der Waals surface area (Å²) in [4.78, 5) is 13.7. The predicted octanol–water partition coefficient (Wildman–Crippen LogP) is 1.73. The first kappa shape index (κ1) is 14.7. The summed E-state index contributed by atoms with van der Waals surface area (Å²) in [6.07, 6.45) is 3.69. The van der Waals surface area contributed by atoms with Crippen LogP contribution in [0.3, 0.4) is 0 Å². The highest BCUT2D eigenvalue weighted by Gasteiger charge is 2.12. The molecule has 1 N–H and O–H groups in total. The lowest BCUT2D eigenvalue weighted by atomic mass is 10.2. The Hall–Kier alpha value is -1.24. The van der Waals surface area contributed by atoms with Crippen LogP contribution in [-0.2, 0) is 0 Å². The van der Waals surface area contributed by atoms with Crippen molar-refractivity contribution >= 4 is 32.7 Å². The van der Waals surface area contributed by atoms with E-state index in [4.69, 9.17) is 0 Å². The standard InChI is InChI=1S/C15H20BrN5/c1-20(8-9-21-6-4-17-5-7-21)14-2-3-18-13-10-12(16)11-19-15(13)14/h2-3,10-11,17H,4-9H2,1H3. The van der Waals surface area contributed by atoms with Gasteiger partial charge in [0.05, 0.1) is 11.2 Å². The van der Waals surface area contributed by atoms with Crippen LogP contribution in [0.5, 0.6) is 0 Å². The van der Waals surface area contributed by atoms with E-state index in [0.717, 1.165) is 60.5 Å². The molecule has 0 aromatic carbocycles. The average Bonchev–Trinajstić information content (AvgIpc) is 2.52. The average molecular weight is 350 g/mol. The van der Waals surface area contributed by atoms with Gasteiger partial charge in [-0.25, -0.2) is 0 Å². The number of anilines is 1. The molecule has 0 bridgehead atoms. The highest BCUT2D eigenvalue weighted by atomic mass is 79.9. The number of nitrogens with one attached hydrogen (secondary N) is 1. The minimum Gasteiger partial charge on any atom is -0.371 e. The molecule has 3 rings (SSSR count). The van der Waals surface area contributed by atoms with Gasteiger partial charge in [0.1, 0.15) is 5.52 Å². The molecular formula is C15H20BrN5. The summed E-state index contributed by atoms with van der Waals surface area (Å²) in [5.41, 5.74) is 3.03. The van der Waals surface area contributed by atoms with E-state index in [1.807, 2.05) is 24.5 Å². The summed E-state index contributed by atoms with van der Waals surface area (Å²) in [6.45, 7) is 6.54. The monoisotopic (exact) mass is 349 g/mol. The number of rotatable bonds is 4. The SMILES string of the molecule is CN(CCN1CCNCC1)c1ccnc2cc(Br)cnc12. The first-order valence-corrected chi connectivity index (χ1v) is 8.08. The molecule has 0 unspecified atom stereocenters. The Balaban J connectivity index is 1.73. The first-order chi connectivity index (χ1) is 10.2. The van der Waals surface area contributed by atoms with Gasteiger partial charge in [0, 0.05) is 63.2 Å². The van der Waals surface area contributed by atoms with E-state index in [1.165, 1.54) is 0 Å². The zero-order valence-electron chi connectivity index (χ0n) is 12.2. The number of fused-ring (bicyclic) bond motifs is 1. The van der Waals surface area contributed by atoms with Crippen LogP contribution in [0.1, 0.15) is 0 Å². The Bertz CT molecular complexity index is 612. The smallest absolute Gasteiger partial charge is 0.112 e. The molecule has 5 nitrogen and oxygen atoms in total. The van der Waals surface area contributed by atoms with Gasteiger partial charge in [-0.3, -0.25) is 14.9 Å². The van der Waals surface area contributed by atoms with Crippen LogP contribution < -0.4 is 10.2 Å². The first-order valence-electron chi connectivity index (χ1n) is 7.28. The van der Waals surface area contributed by atoms with Crippen molar-refractivity contribution in [2.24, 2.45) is 0 Å². The van der Waals surface area contributed by atoms with E-state index in [-0.39, 0.29) is 0 Å². The summed E-state index contributed by atoms with van der Waals surface area (Å²) in [7, 11) is 2.13. The van der Waals surface area contributed by atoms with Crippen molar-refractivity contribution in [3.8, 4) is 0 Å². The second-order valence-corrected chi connectivity index (χ2v) is 6.28. The van der Waals surface area contributed by atoms with E-state index in [1.54, 1.807) is 0 Å². The van der Waals surface area contributed by atoms with Crippen molar-refractivity contribution in [1.82, 2.24) is 20.2 Å². The molecule has 1 saturated heterocycles. The Labute approximate surface area is 133 Å². The number of halogens is 1. The van der Waals surface area contributed by atoms with E-state index in [0.29, 0.717) is 0 Å². The largest absolute Gasteiger partial charge is 0.371 e. The molecule has 1 aliphatic rings. The van der Waals surface area contributed by atoms with Gasteiger partial charge in [-0.05, 0) is 28.1 Å². The third-order valence-electron chi connectivity index (χ3n) is 3.90. The van der Waals surface area contributed by atoms with Crippen molar-refractivity contribution in [2.75, 3.05) is 51.2 Å². The molecule has 0 saturated carbocycles. The van der Waals surface area contributed by atoms with Crippen LogP contribution in [-0.4, -0.2) is 61.2 Å². The molecule has 1 aliphatic heterocycles. The maximum Gasteiger partial charge on any atom is 0.112 e. The Kier molecular flexibility index (Phi) is 4.67. The molecule has 0 amide bonds. The maximum absolute atomic E-state index is 4.52. The summed E-state index contributed by atoms with van der Waals surface area (Å²) in [5, 5.41) is 3.39. The molecule has 0 radical (unpaired) electrons. The Morgan fingerprint density at radius 3 is 2.95 bits per heavy atom. The molecule has 0 aliphatic carbocycles. The molecule has 3 heterocycles. The molecule has 21 heavy (non-hydrogen) atoms. The van der Waals surface area contributed by atoms with Crippen LogP contribution in [0.15, 0.2) is 29.0 Å². The van der Waals surface area contributed by atoms with Gasteiger partial charge in [0.2, 0.25) is 0 Å². The van der Waals surface area contributed by atoms with Crippen LogP contribution in [0.2, 0.25) is 0 Å². The molecule has 0 spiro atoms. The second-order valence-electron chi connectivity index (χ2n) is 5.36. The zero-order chi connectivity index (χ0) is 14.7. The molecule has 2 aromatic rings. The lowest BCUT2D eigenvalue weighted by Crippen LogP contribution is -2.46. The highest BCUT2D eigenvalue weighted by molar-refractivity contribution is 9.10. The summed E-state index contributed by atoms with van der Waals surface area (Å²) >= 11 is 3.45. The van der Waals surface area contributed by atoms with Crippen LogP contribution in [0.25, 0.3) is 11.0 Å². The van der Waals surface area contributed by atoms with Crippen molar-refractivity contribution in [3.05, 3.63) is 29.0 Å². The Morgan fingerprint density at radius 2 is 2.14 bits per heavy atom. The van der Waals surface area contributed by atoms with Gasteiger partial charge >= 0.3 is 0 Å². The lowest BCUT2D eigenvalue weighted by Gasteiger charge is -2.29. The summed E-state index contributed by atoms with van der Waals surface area (Å²) in [5.74, 6) is 0. The maximum atomic E-state index is 4.52. The number of pyridine rings is 2. The van der Waals surface area contributed by atoms with Crippen molar-refractivity contribution in [2.45, 2.75) is 0 Å². The fourth-order valence-corrected chi connectivity index (χ4v) is 2.97. The van der Waals surface area contributed by atoms with E-state index < -0.39 is 0 Å². The molecule has 0 atom stereocenters. The topological polar surface area (TPSA) is 44.3 Å². The number of hydrogen-bond donors (Lipinski definition) is 1. The van der Waals surface area contributed by atoms with Gasteiger partial charge in [-0.2, -0.15) is 0 Å². The number of hydrogen-bond acceptors (Lipinski definition) is 5. The molecule has 1 fully saturated rings. The molecular weight excluding hydrogens is 330 g/mol. The van der Waals surface area contributed by atoms with Crippen LogP contribution in [0, 0.1) is 0 Å². The third-order valence-corrected chi connectivity index (χ3v) is 4.33. The number of nitrogens with zero attached hydrogens (tertiary/aromatic N) is 4. The predicted molar refractivity (Wildman–Crippen MR) is 89.8 cm³/mol. The fourth-order valence-electron chi connectivity index (χ4n) is 2.65. The normalized spacial score (nSPS) is 16.3. The number of piperazine rings is 1. The van der Waals surface area contributed by atoms with E-state index in [2.05, 4.69) is 48.1 Å². The van der Waals surface area contributed by atoms with Crippen molar-refractivity contribution in [3.63, 3.8) is 0 Å². The second kappa shape index (κ2) is 6.68. The van der Waals surface area contributed by atoms with Gasteiger partial charge in [0.15, 0.2) is 0 Å². The van der Waals surface area contributed by atoms with Crippen LogP contribution >= 0.6 is 15.9 Å². The molecule has 2 aromatic heterocycles. The Morgan fingerprint density at radius 1 is 1.33 bits per heavy atom. The van der Waals surface area contributed by atoms with E-state index in [9.17, 15) is 0 Å². The van der Waals surface area contributed by atoms with Gasteiger partial charge in [0.25, 0.3) is 0 Å². The van der Waals surface area contributed by atoms with Crippen molar-refractivity contribution < 1.29 is 0 Å². The summed E-state index contributed by atoms with van der Waals surface area (Å²) < 4.78 is 0.961. The minimum absolute atomic E-state index is 0.927. The van der Waals surface area contributed by atoms with Gasteiger partial charge in [-0.15, -0.1) is 0 Å². The minimum atomic E-state index is 0.927. The number of likely N-dealkylation sites (N-methyl/N-ethyl adjacent to an activating group) is 1. The van der Waals surface area contributed by atoms with Crippen molar-refractivity contribution in [1.29, 1.82) is 0 Å². The van der Waals surface area contributed by atoms with E-state index >= 15 is 0 Å². The number of aromatic nitrogens is 2. The molecule has 112 valence electrons. The summed E-state index contributed by atoms with van der Waals surface area (Å²) in [6, 6.07) is 4.05. The van der Waals surface area contributed by atoms with Gasteiger partial charge < -0.3 is 10.2 Å². The highest BCUT2D eigenvalue weighted by Crippen LogP contribution is 2.24. The molecule has 6 heteroatoms. The van der Waals surface area contributed by atoms with Crippen LogP contribution in [0.4, 0.5) is 5.69 Å². The lowest BCUT2D eigenvalue weighted by molar-refractivity contribution is 0.246. The van der Waals surface area contributed by atoms with Gasteiger partial charge in [-0.1, -0.05) is 0 Å². The third kappa shape index (κ3) is 3.51. The fraction of sp³-hybridized carbons (Fsp3) is 0.467. The zero-order valence-corrected chi connectivity index (χ0v) is 13.8.